The van der Waals surface area contributed by atoms with Gasteiger partial charge in [-0.3, -0.25) is 4.79 Å². The molecule has 0 fully saturated rings. The Labute approximate surface area is 105 Å². The average Bonchev–Trinajstić information content (AvgIpc) is 2.92. The minimum atomic E-state index is -0.169. The lowest BCUT2D eigenvalue weighted by atomic mass is 10.3. The summed E-state index contributed by atoms with van der Waals surface area (Å²) in [5.41, 5.74) is 1.30. The van der Waals surface area contributed by atoms with Crippen LogP contribution < -0.4 is 10.6 Å². The lowest BCUT2D eigenvalue weighted by Crippen LogP contribution is -2.27. The standard InChI is InChI=1S/C12H15N5O/c1-13-10-2-3-11(16-8-10)12(18)15-5-7-17-6-4-14-9-17/h2-4,6,8-9,13H,5,7H2,1H3,(H,15,18). The topological polar surface area (TPSA) is 71.8 Å². The van der Waals surface area contributed by atoms with Gasteiger partial charge in [0.2, 0.25) is 0 Å². The molecular weight excluding hydrogens is 230 g/mol. The van der Waals surface area contributed by atoms with E-state index >= 15 is 0 Å². The van der Waals surface area contributed by atoms with E-state index in [-0.39, 0.29) is 5.91 Å². The molecule has 1 amide bonds. The van der Waals surface area contributed by atoms with Crippen molar-refractivity contribution in [1.29, 1.82) is 0 Å². The zero-order valence-corrected chi connectivity index (χ0v) is 10.1. The number of nitrogens with zero attached hydrogens (tertiary/aromatic N) is 3. The average molecular weight is 245 g/mol. The van der Waals surface area contributed by atoms with Gasteiger partial charge in [0.25, 0.3) is 5.91 Å². The number of nitrogens with one attached hydrogen (secondary N) is 2. The lowest BCUT2D eigenvalue weighted by Gasteiger charge is -2.06. The molecule has 2 aromatic rings. The van der Waals surface area contributed by atoms with Crippen LogP contribution in [0.25, 0.3) is 0 Å². The predicted octanol–water partition coefficient (Wildman–Crippen LogP) is 0.750. The van der Waals surface area contributed by atoms with E-state index in [9.17, 15) is 4.79 Å². The molecule has 2 aromatic heterocycles. The van der Waals surface area contributed by atoms with Gasteiger partial charge in [-0.05, 0) is 12.1 Å². The summed E-state index contributed by atoms with van der Waals surface area (Å²) in [7, 11) is 1.81. The number of rotatable bonds is 5. The van der Waals surface area contributed by atoms with Crippen LogP contribution in [0.15, 0.2) is 37.1 Å². The molecule has 0 aliphatic rings. The van der Waals surface area contributed by atoms with Gasteiger partial charge < -0.3 is 15.2 Å². The van der Waals surface area contributed by atoms with Gasteiger partial charge in [-0.25, -0.2) is 9.97 Å². The SMILES string of the molecule is CNc1ccc(C(=O)NCCn2ccnc2)nc1. The number of aromatic nitrogens is 3. The second kappa shape index (κ2) is 5.81. The van der Waals surface area contributed by atoms with E-state index in [0.717, 1.165) is 5.69 Å². The minimum Gasteiger partial charge on any atom is -0.387 e. The first-order chi connectivity index (χ1) is 8.79. The summed E-state index contributed by atoms with van der Waals surface area (Å²) in [4.78, 5) is 19.8. The molecule has 2 N–H and O–H groups in total. The number of imidazole rings is 1. The number of pyridine rings is 1. The fourth-order valence-corrected chi connectivity index (χ4v) is 1.48. The van der Waals surface area contributed by atoms with Crippen molar-refractivity contribution < 1.29 is 4.79 Å². The van der Waals surface area contributed by atoms with Gasteiger partial charge in [0, 0.05) is 32.5 Å². The van der Waals surface area contributed by atoms with Gasteiger partial charge in [-0.15, -0.1) is 0 Å². The van der Waals surface area contributed by atoms with Gasteiger partial charge in [-0.2, -0.15) is 0 Å². The third-order valence-electron chi connectivity index (χ3n) is 2.50. The van der Waals surface area contributed by atoms with Crippen molar-refractivity contribution in [1.82, 2.24) is 19.9 Å². The van der Waals surface area contributed by atoms with Crippen LogP contribution in [0.1, 0.15) is 10.5 Å². The largest absolute Gasteiger partial charge is 0.387 e. The minimum absolute atomic E-state index is 0.169. The molecule has 0 spiro atoms. The fraction of sp³-hybridized carbons (Fsp3) is 0.250. The number of amides is 1. The van der Waals surface area contributed by atoms with E-state index in [4.69, 9.17) is 0 Å². The number of hydrogen-bond donors (Lipinski definition) is 2. The molecule has 0 radical (unpaired) electrons. The van der Waals surface area contributed by atoms with Crippen molar-refractivity contribution in [2.75, 3.05) is 18.9 Å². The van der Waals surface area contributed by atoms with Crippen LogP contribution in [0.2, 0.25) is 0 Å². The second-order valence-electron chi connectivity index (χ2n) is 3.74. The van der Waals surface area contributed by atoms with Gasteiger partial charge in [0.15, 0.2) is 0 Å². The van der Waals surface area contributed by atoms with Crippen molar-refractivity contribution in [3.8, 4) is 0 Å². The third-order valence-corrected chi connectivity index (χ3v) is 2.50. The molecule has 0 saturated heterocycles. The maximum Gasteiger partial charge on any atom is 0.269 e. The zero-order chi connectivity index (χ0) is 12.8. The highest BCUT2D eigenvalue weighted by atomic mass is 16.1. The Hall–Kier alpha value is -2.37. The molecule has 18 heavy (non-hydrogen) atoms. The molecule has 2 heterocycles. The molecule has 0 atom stereocenters. The van der Waals surface area contributed by atoms with Crippen LogP contribution >= 0.6 is 0 Å². The van der Waals surface area contributed by atoms with Gasteiger partial charge in [0.05, 0.1) is 18.2 Å². The smallest absolute Gasteiger partial charge is 0.269 e. The van der Waals surface area contributed by atoms with Gasteiger partial charge >= 0.3 is 0 Å². The van der Waals surface area contributed by atoms with Crippen LogP contribution in [0.3, 0.4) is 0 Å². The molecule has 0 unspecified atom stereocenters. The third kappa shape index (κ3) is 3.07. The monoisotopic (exact) mass is 245 g/mol. The molecule has 0 aliphatic heterocycles. The molecule has 0 saturated carbocycles. The Morgan fingerprint density at radius 2 is 2.33 bits per heavy atom. The summed E-state index contributed by atoms with van der Waals surface area (Å²) in [5.74, 6) is -0.169. The van der Waals surface area contributed by atoms with E-state index < -0.39 is 0 Å². The van der Waals surface area contributed by atoms with Crippen LogP contribution in [0.4, 0.5) is 5.69 Å². The van der Waals surface area contributed by atoms with Crippen molar-refractivity contribution in [3.05, 3.63) is 42.7 Å². The Kier molecular flexibility index (Phi) is 3.90. The van der Waals surface area contributed by atoms with E-state index in [1.807, 2.05) is 23.9 Å². The van der Waals surface area contributed by atoms with Crippen LogP contribution in [-0.4, -0.2) is 34.0 Å². The van der Waals surface area contributed by atoms with Crippen LogP contribution in [0, 0.1) is 0 Å². The number of carbonyl (C=O) groups excluding carboxylic acids is 1. The molecule has 0 bridgehead atoms. The molecule has 2 rings (SSSR count). The Morgan fingerprint density at radius 3 is 2.94 bits per heavy atom. The van der Waals surface area contributed by atoms with Gasteiger partial charge in [-0.1, -0.05) is 0 Å². The van der Waals surface area contributed by atoms with Gasteiger partial charge in [0.1, 0.15) is 5.69 Å². The summed E-state index contributed by atoms with van der Waals surface area (Å²) >= 11 is 0. The molecule has 0 aromatic carbocycles. The Bertz CT molecular complexity index is 492. The normalized spacial score (nSPS) is 10.1. The van der Waals surface area contributed by atoms with Crippen molar-refractivity contribution >= 4 is 11.6 Å². The fourth-order valence-electron chi connectivity index (χ4n) is 1.48. The molecular formula is C12H15N5O. The van der Waals surface area contributed by atoms with E-state index in [2.05, 4.69) is 20.6 Å². The van der Waals surface area contributed by atoms with Crippen molar-refractivity contribution in [2.45, 2.75) is 6.54 Å². The number of anilines is 1. The first-order valence-electron chi connectivity index (χ1n) is 5.67. The van der Waals surface area contributed by atoms with E-state index in [1.165, 1.54) is 0 Å². The lowest BCUT2D eigenvalue weighted by molar-refractivity contribution is 0.0947. The highest BCUT2D eigenvalue weighted by molar-refractivity contribution is 5.92. The predicted molar refractivity (Wildman–Crippen MR) is 68.3 cm³/mol. The highest BCUT2D eigenvalue weighted by Crippen LogP contribution is 2.04. The molecule has 6 heteroatoms. The summed E-state index contributed by atoms with van der Waals surface area (Å²) in [6, 6.07) is 3.51. The Morgan fingerprint density at radius 1 is 1.44 bits per heavy atom. The molecule has 0 aliphatic carbocycles. The molecule has 94 valence electrons. The second-order valence-corrected chi connectivity index (χ2v) is 3.74. The quantitative estimate of drug-likeness (QED) is 0.815. The number of hydrogen-bond acceptors (Lipinski definition) is 4. The Balaban J connectivity index is 1.83. The first-order valence-corrected chi connectivity index (χ1v) is 5.67. The number of carbonyl (C=O) groups is 1. The highest BCUT2D eigenvalue weighted by Gasteiger charge is 2.05. The molecule has 6 nitrogen and oxygen atoms in total. The maximum absolute atomic E-state index is 11.8. The summed E-state index contributed by atoms with van der Waals surface area (Å²) in [6.07, 6.45) is 6.91. The summed E-state index contributed by atoms with van der Waals surface area (Å²) < 4.78 is 1.90. The van der Waals surface area contributed by atoms with Crippen LogP contribution in [-0.2, 0) is 6.54 Å². The summed E-state index contributed by atoms with van der Waals surface area (Å²) in [6.45, 7) is 1.24. The first kappa shape index (κ1) is 12.1. The van der Waals surface area contributed by atoms with Crippen molar-refractivity contribution in [2.24, 2.45) is 0 Å². The summed E-state index contributed by atoms with van der Waals surface area (Å²) in [5, 5.41) is 5.75. The van der Waals surface area contributed by atoms with Crippen molar-refractivity contribution in [3.63, 3.8) is 0 Å². The van der Waals surface area contributed by atoms with Crippen LogP contribution in [0.5, 0.6) is 0 Å². The van der Waals surface area contributed by atoms with E-state index in [1.54, 1.807) is 24.8 Å². The maximum atomic E-state index is 11.8. The van der Waals surface area contributed by atoms with E-state index in [0.29, 0.717) is 18.8 Å². The zero-order valence-electron chi connectivity index (χ0n) is 10.1.